The van der Waals surface area contributed by atoms with Gasteiger partial charge in [0.2, 0.25) is 0 Å². The Bertz CT molecular complexity index is 873. The first-order valence-corrected chi connectivity index (χ1v) is 8.85. The number of nitrogens with one attached hydrogen (secondary N) is 1. The highest BCUT2D eigenvalue weighted by molar-refractivity contribution is 5.95. The molecule has 1 saturated carbocycles. The molecule has 26 heavy (non-hydrogen) atoms. The third-order valence-corrected chi connectivity index (χ3v) is 5.11. The van der Waals surface area contributed by atoms with E-state index < -0.39 is 5.54 Å². The summed E-state index contributed by atoms with van der Waals surface area (Å²) in [6.45, 7) is 3.43. The molecule has 138 valence electrons. The summed E-state index contributed by atoms with van der Waals surface area (Å²) in [4.78, 5) is 23.6. The zero-order valence-electron chi connectivity index (χ0n) is 15.5. The van der Waals surface area contributed by atoms with Crippen molar-refractivity contribution in [3.05, 3.63) is 29.3 Å². The van der Waals surface area contributed by atoms with E-state index in [2.05, 4.69) is 20.4 Å². The van der Waals surface area contributed by atoms with Gasteiger partial charge in [-0.2, -0.15) is 5.10 Å². The number of aliphatic hydroxyl groups excluding tert-OH is 1. The van der Waals surface area contributed by atoms with Crippen LogP contribution in [0.5, 0.6) is 0 Å². The van der Waals surface area contributed by atoms with E-state index in [0.717, 1.165) is 29.9 Å². The van der Waals surface area contributed by atoms with E-state index in [1.165, 1.54) is 0 Å². The van der Waals surface area contributed by atoms with Gasteiger partial charge in [0, 0.05) is 25.6 Å². The Hall–Kier alpha value is -2.48. The molecule has 8 heteroatoms. The Labute approximate surface area is 152 Å². The smallest absolute Gasteiger partial charge is 0.272 e. The van der Waals surface area contributed by atoms with Crippen LogP contribution < -0.4 is 10.2 Å². The van der Waals surface area contributed by atoms with Crippen LogP contribution in [-0.4, -0.2) is 57.0 Å². The van der Waals surface area contributed by atoms with Crippen LogP contribution in [-0.2, 0) is 6.42 Å². The molecule has 8 nitrogen and oxygen atoms in total. The van der Waals surface area contributed by atoms with E-state index in [0.29, 0.717) is 23.3 Å². The predicted octanol–water partition coefficient (Wildman–Crippen LogP) is 0.889. The Kier molecular flexibility index (Phi) is 3.76. The van der Waals surface area contributed by atoms with Crippen LogP contribution in [0.2, 0.25) is 0 Å². The van der Waals surface area contributed by atoms with Crippen molar-refractivity contribution in [3.63, 3.8) is 0 Å². The third kappa shape index (κ3) is 2.74. The molecule has 2 aromatic rings. The van der Waals surface area contributed by atoms with Crippen molar-refractivity contribution in [3.8, 4) is 5.82 Å². The largest absolute Gasteiger partial charge is 0.394 e. The van der Waals surface area contributed by atoms with Gasteiger partial charge in [0.1, 0.15) is 5.82 Å². The lowest BCUT2D eigenvalue weighted by Gasteiger charge is -2.23. The fraction of sp³-hybridized carbons (Fsp3) is 0.556. The van der Waals surface area contributed by atoms with Crippen molar-refractivity contribution < 1.29 is 9.90 Å². The van der Waals surface area contributed by atoms with Crippen molar-refractivity contribution >= 4 is 11.7 Å². The Morgan fingerprint density at radius 1 is 1.42 bits per heavy atom. The Morgan fingerprint density at radius 3 is 2.88 bits per heavy atom. The van der Waals surface area contributed by atoms with Gasteiger partial charge in [-0.25, -0.2) is 9.67 Å². The second-order valence-corrected chi connectivity index (χ2v) is 8.06. The first-order valence-electron chi connectivity index (χ1n) is 8.85. The van der Waals surface area contributed by atoms with E-state index in [1.807, 2.05) is 19.0 Å². The second kappa shape index (κ2) is 5.77. The summed E-state index contributed by atoms with van der Waals surface area (Å²) in [5, 5.41) is 16.9. The summed E-state index contributed by atoms with van der Waals surface area (Å²) < 4.78 is 1.79. The molecule has 2 aliphatic carbocycles. The summed E-state index contributed by atoms with van der Waals surface area (Å²) in [5.41, 5.74) is 1.84. The number of amides is 1. The van der Waals surface area contributed by atoms with Crippen molar-refractivity contribution in [1.82, 2.24) is 25.1 Å². The van der Waals surface area contributed by atoms with E-state index >= 15 is 0 Å². The number of rotatable bonds is 5. The summed E-state index contributed by atoms with van der Waals surface area (Å²) in [6.07, 6.45) is 5.39. The molecule has 2 aromatic heterocycles. The minimum atomic E-state index is -0.695. The lowest BCUT2D eigenvalue weighted by molar-refractivity contribution is 0.0863. The van der Waals surface area contributed by atoms with Crippen LogP contribution >= 0.6 is 0 Å². The van der Waals surface area contributed by atoms with Gasteiger partial charge in [-0.15, -0.1) is 0 Å². The van der Waals surface area contributed by atoms with Crippen LogP contribution in [0.1, 0.15) is 47.9 Å². The lowest BCUT2D eigenvalue weighted by atomic mass is 10.1. The summed E-state index contributed by atoms with van der Waals surface area (Å²) >= 11 is 0. The molecule has 2 aliphatic rings. The van der Waals surface area contributed by atoms with E-state index in [4.69, 9.17) is 0 Å². The maximum atomic E-state index is 12.8. The number of aliphatic hydroxyl groups is 1. The van der Waals surface area contributed by atoms with Gasteiger partial charge in [0.15, 0.2) is 11.5 Å². The molecule has 0 unspecified atom stereocenters. The zero-order chi connectivity index (χ0) is 18.6. The molecule has 0 aromatic carbocycles. The zero-order valence-corrected chi connectivity index (χ0v) is 15.5. The van der Waals surface area contributed by atoms with Gasteiger partial charge in [-0.3, -0.25) is 9.78 Å². The molecule has 0 bridgehead atoms. The molecule has 0 spiro atoms. The highest BCUT2D eigenvalue weighted by Gasteiger charge is 2.50. The number of carbonyl (C=O) groups excluding carboxylic acids is 1. The quantitative estimate of drug-likeness (QED) is 0.826. The van der Waals surface area contributed by atoms with Crippen molar-refractivity contribution in [1.29, 1.82) is 0 Å². The fourth-order valence-electron chi connectivity index (χ4n) is 3.54. The second-order valence-electron chi connectivity index (χ2n) is 8.06. The van der Waals surface area contributed by atoms with Gasteiger partial charge in [0.05, 0.1) is 30.2 Å². The molecule has 1 amide bonds. The maximum absolute atomic E-state index is 12.8. The highest BCUT2D eigenvalue weighted by atomic mass is 16.3. The third-order valence-electron chi connectivity index (χ3n) is 5.11. The number of fused-ring (bicyclic) bond motifs is 3. The summed E-state index contributed by atoms with van der Waals surface area (Å²) in [6, 6.07) is 0. The lowest BCUT2D eigenvalue weighted by Crippen LogP contribution is -2.46. The molecule has 0 radical (unpaired) electrons. The molecule has 0 aliphatic heterocycles. The molecule has 0 saturated heterocycles. The topological polar surface area (TPSA) is 96.2 Å². The monoisotopic (exact) mass is 356 g/mol. The van der Waals surface area contributed by atoms with Crippen molar-refractivity contribution in [2.24, 2.45) is 5.92 Å². The van der Waals surface area contributed by atoms with Crippen LogP contribution in [0.4, 0.5) is 5.82 Å². The number of nitrogens with zero attached hydrogens (tertiary/aromatic N) is 5. The Morgan fingerprint density at radius 2 is 2.19 bits per heavy atom. The van der Waals surface area contributed by atoms with E-state index in [1.54, 1.807) is 30.9 Å². The summed E-state index contributed by atoms with van der Waals surface area (Å²) in [7, 11) is 3.82. The van der Waals surface area contributed by atoms with Crippen LogP contribution in [0.3, 0.4) is 0 Å². The molecular formula is C18H24N6O2. The standard InChI is InChI=1S/C18H24N6O2/c1-18(2,9-25)21-17(26)15-12-6-10-5-11(10)16(12)24(22-15)14-8-19-7-13(20-14)23(3)4/h7-8,10-11,25H,5-6,9H2,1-4H3,(H,21,26)/t10-,11-/m1/s1. The van der Waals surface area contributed by atoms with Gasteiger partial charge in [-0.1, -0.05) is 0 Å². The predicted molar refractivity (Wildman–Crippen MR) is 96.7 cm³/mol. The number of anilines is 1. The van der Waals surface area contributed by atoms with E-state index in [9.17, 15) is 9.90 Å². The maximum Gasteiger partial charge on any atom is 0.272 e. The van der Waals surface area contributed by atoms with Gasteiger partial charge < -0.3 is 15.3 Å². The van der Waals surface area contributed by atoms with Crippen LogP contribution in [0, 0.1) is 5.92 Å². The SMILES string of the molecule is CN(C)c1cncc(-n2nc(C(=O)NC(C)(C)CO)c3c2[C@@H]2C[C@@H]2C3)n1. The minimum absolute atomic E-state index is 0.136. The molecule has 1 fully saturated rings. The highest BCUT2D eigenvalue weighted by Crippen LogP contribution is 2.57. The molecule has 2 N–H and O–H groups in total. The van der Waals surface area contributed by atoms with E-state index in [-0.39, 0.29) is 12.5 Å². The van der Waals surface area contributed by atoms with Crippen LogP contribution in [0.15, 0.2) is 12.4 Å². The first kappa shape index (κ1) is 17.0. The molecular weight excluding hydrogens is 332 g/mol. The van der Waals surface area contributed by atoms with Crippen molar-refractivity contribution in [2.75, 3.05) is 25.6 Å². The molecule has 4 rings (SSSR count). The molecule has 2 heterocycles. The molecule has 2 atom stereocenters. The number of hydrogen-bond acceptors (Lipinski definition) is 6. The number of hydrogen-bond donors (Lipinski definition) is 2. The van der Waals surface area contributed by atoms with Crippen molar-refractivity contribution in [2.45, 2.75) is 38.1 Å². The number of carbonyl (C=O) groups is 1. The average Bonchev–Trinajstić information content (AvgIpc) is 3.10. The first-order chi connectivity index (χ1) is 12.3. The fourth-order valence-corrected chi connectivity index (χ4v) is 3.54. The summed E-state index contributed by atoms with van der Waals surface area (Å²) in [5.74, 6) is 2.17. The number of aromatic nitrogens is 4. The minimum Gasteiger partial charge on any atom is -0.394 e. The Balaban J connectivity index is 1.76. The van der Waals surface area contributed by atoms with Gasteiger partial charge in [0.25, 0.3) is 5.91 Å². The van der Waals surface area contributed by atoms with Crippen LogP contribution in [0.25, 0.3) is 5.82 Å². The van der Waals surface area contributed by atoms with Gasteiger partial charge >= 0.3 is 0 Å². The average molecular weight is 356 g/mol. The van der Waals surface area contributed by atoms with Gasteiger partial charge in [-0.05, 0) is 32.6 Å². The normalized spacial score (nSPS) is 20.5.